The third-order valence-electron chi connectivity index (χ3n) is 3.01. The Hall–Kier alpha value is -1.62. The van der Waals surface area contributed by atoms with E-state index in [-0.39, 0.29) is 0 Å². The van der Waals surface area contributed by atoms with Gasteiger partial charge in [-0.05, 0) is 19.8 Å². The van der Waals surface area contributed by atoms with E-state index in [1.807, 2.05) is 23.8 Å². The Labute approximate surface area is 99.8 Å². The molecule has 0 radical (unpaired) electrons. The molecule has 1 saturated carbocycles. The van der Waals surface area contributed by atoms with Gasteiger partial charge in [-0.3, -0.25) is 0 Å². The van der Waals surface area contributed by atoms with E-state index in [0.717, 1.165) is 23.8 Å². The highest BCUT2D eigenvalue weighted by atomic mass is 16.5. The van der Waals surface area contributed by atoms with Gasteiger partial charge in [-0.25, -0.2) is 4.98 Å². The van der Waals surface area contributed by atoms with Crippen LogP contribution in [-0.2, 0) is 13.1 Å². The first-order valence-corrected chi connectivity index (χ1v) is 5.97. The zero-order chi connectivity index (χ0) is 11.7. The third kappa shape index (κ3) is 2.55. The first kappa shape index (κ1) is 10.5. The lowest BCUT2D eigenvalue weighted by atomic mass is 10.3. The van der Waals surface area contributed by atoms with Gasteiger partial charge in [-0.15, -0.1) is 0 Å². The van der Waals surface area contributed by atoms with Crippen LogP contribution in [0.1, 0.15) is 30.1 Å². The van der Waals surface area contributed by atoms with Crippen molar-refractivity contribution in [2.75, 3.05) is 0 Å². The lowest BCUT2D eigenvalue weighted by molar-refractivity contribution is 0.368. The van der Waals surface area contributed by atoms with E-state index in [1.165, 1.54) is 12.8 Å². The lowest BCUT2D eigenvalue weighted by Crippen LogP contribution is -2.15. The number of nitrogens with zero attached hydrogens (tertiary/aromatic N) is 3. The summed E-state index contributed by atoms with van der Waals surface area (Å²) < 4.78 is 7.35. The molecule has 0 aromatic carbocycles. The molecule has 17 heavy (non-hydrogen) atoms. The number of imidazole rings is 1. The summed E-state index contributed by atoms with van der Waals surface area (Å²) >= 11 is 0. The van der Waals surface area contributed by atoms with Crippen LogP contribution < -0.4 is 5.32 Å². The Morgan fingerprint density at radius 2 is 2.41 bits per heavy atom. The lowest BCUT2D eigenvalue weighted by Gasteiger charge is -1.99. The Kier molecular flexibility index (Phi) is 2.68. The summed E-state index contributed by atoms with van der Waals surface area (Å²) in [6.45, 7) is 3.48. The molecule has 1 N–H and O–H groups in total. The minimum Gasteiger partial charge on any atom is -0.359 e. The summed E-state index contributed by atoms with van der Waals surface area (Å²) in [5.41, 5.74) is 0.977. The maximum atomic E-state index is 5.31. The summed E-state index contributed by atoms with van der Waals surface area (Å²) in [6, 6.07) is 2.71. The number of rotatable bonds is 5. The molecule has 1 aliphatic carbocycles. The van der Waals surface area contributed by atoms with Crippen LogP contribution in [-0.4, -0.2) is 20.7 Å². The monoisotopic (exact) mass is 232 g/mol. The second kappa shape index (κ2) is 4.33. The van der Waals surface area contributed by atoms with Crippen LogP contribution in [0.15, 0.2) is 23.0 Å². The molecule has 5 heteroatoms. The predicted octanol–water partition coefficient (Wildman–Crippen LogP) is 1.48. The van der Waals surface area contributed by atoms with Crippen molar-refractivity contribution in [3.8, 4) is 0 Å². The van der Waals surface area contributed by atoms with Crippen molar-refractivity contribution in [1.29, 1.82) is 0 Å². The Bertz CT molecular complexity index is 498. The normalized spacial score (nSPS) is 15.4. The molecule has 2 heterocycles. The van der Waals surface area contributed by atoms with E-state index >= 15 is 0 Å². The van der Waals surface area contributed by atoms with Crippen LogP contribution in [0.4, 0.5) is 0 Å². The Morgan fingerprint density at radius 1 is 1.53 bits per heavy atom. The first-order chi connectivity index (χ1) is 8.31. The molecule has 0 amide bonds. The van der Waals surface area contributed by atoms with Gasteiger partial charge in [0.25, 0.3) is 0 Å². The van der Waals surface area contributed by atoms with Crippen molar-refractivity contribution >= 4 is 0 Å². The summed E-state index contributed by atoms with van der Waals surface area (Å²) in [5, 5.41) is 7.47. The van der Waals surface area contributed by atoms with E-state index < -0.39 is 0 Å². The van der Waals surface area contributed by atoms with Crippen molar-refractivity contribution in [3.05, 3.63) is 35.7 Å². The van der Waals surface area contributed by atoms with E-state index in [2.05, 4.69) is 15.5 Å². The topological polar surface area (TPSA) is 55.9 Å². The largest absolute Gasteiger partial charge is 0.359 e. The molecule has 0 bridgehead atoms. The fourth-order valence-corrected chi connectivity index (χ4v) is 1.79. The van der Waals surface area contributed by atoms with E-state index in [9.17, 15) is 0 Å². The van der Waals surface area contributed by atoms with Gasteiger partial charge in [0.2, 0.25) is 0 Å². The maximum absolute atomic E-state index is 5.31. The molecule has 2 aromatic rings. The maximum Gasteiger partial charge on any atom is 0.156 e. The highest BCUT2D eigenvalue weighted by Crippen LogP contribution is 2.19. The van der Waals surface area contributed by atoms with Gasteiger partial charge in [0, 0.05) is 31.0 Å². The van der Waals surface area contributed by atoms with Gasteiger partial charge in [-0.2, -0.15) is 0 Å². The van der Waals surface area contributed by atoms with Crippen LogP contribution in [0, 0.1) is 6.92 Å². The number of hydrogen-bond donors (Lipinski definition) is 1. The van der Waals surface area contributed by atoms with Gasteiger partial charge >= 0.3 is 0 Å². The van der Waals surface area contributed by atoms with Crippen LogP contribution in [0.25, 0.3) is 0 Å². The molecule has 3 rings (SSSR count). The quantitative estimate of drug-likeness (QED) is 0.848. The molecule has 2 aromatic heterocycles. The molecule has 0 spiro atoms. The molecule has 1 fully saturated rings. The SMILES string of the molecule is Cc1nccn1Cc1cc(CNC2CC2)no1. The van der Waals surface area contributed by atoms with Crippen molar-refractivity contribution in [2.45, 2.75) is 38.9 Å². The van der Waals surface area contributed by atoms with Gasteiger partial charge in [-0.1, -0.05) is 5.16 Å². The van der Waals surface area contributed by atoms with Crippen LogP contribution >= 0.6 is 0 Å². The number of hydrogen-bond acceptors (Lipinski definition) is 4. The minimum absolute atomic E-state index is 0.697. The average molecular weight is 232 g/mol. The highest BCUT2D eigenvalue weighted by Gasteiger charge is 2.20. The van der Waals surface area contributed by atoms with Crippen molar-refractivity contribution in [3.63, 3.8) is 0 Å². The first-order valence-electron chi connectivity index (χ1n) is 5.97. The number of nitrogens with one attached hydrogen (secondary N) is 1. The molecule has 0 atom stereocenters. The van der Waals surface area contributed by atoms with Gasteiger partial charge in [0.1, 0.15) is 5.82 Å². The summed E-state index contributed by atoms with van der Waals surface area (Å²) in [6.07, 6.45) is 6.32. The molecule has 0 unspecified atom stereocenters. The molecular weight excluding hydrogens is 216 g/mol. The van der Waals surface area contributed by atoms with Gasteiger partial charge in [0.05, 0.1) is 12.2 Å². The number of aryl methyl sites for hydroxylation is 1. The molecular formula is C12H16N4O. The molecule has 90 valence electrons. The fraction of sp³-hybridized carbons (Fsp3) is 0.500. The summed E-state index contributed by atoms with van der Waals surface area (Å²) in [4.78, 5) is 4.18. The van der Waals surface area contributed by atoms with E-state index in [1.54, 1.807) is 6.20 Å². The van der Waals surface area contributed by atoms with Crippen LogP contribution in [0.3, 0.4) is 0 Å². The molecule has 1 aliphatic rings. The minimum atomic E-state index is 0.697. The van der Waals surface area contributed by atoms with Gasteiger partial charge < -0.3 is 14.4 Å². The van der Waals surface area contributed by atoms with Crippen LogP contribution in [0.5, 0.6) is 0 Å². The van der Waals surface area contributed by atoms with E-state index in [0.29, 0.717) is 12.6 Å². The molecule has 5 nitrogen and oxygen atoms in total. The summed E-state index contributed by atoms with van der Waals surface area (Å²) in [5.74, 6) is 1.86. The summed E-state index contributed by atoms with van der Waals surface area (Å²) in [7, 11) is 0. The molecule has 0 saturated heterocycles. The van der Waals surface area contributed by atoms with Crippen LogP contribution in [0.2, 0.25) is 0 Å². The second-order valence-corrected chi connectivity index (χ2v) is 4.54. The average Bonchev–Trinajstić information content (AvgIpc) is 2.92. The second-order valence-electron chi connectivity index (χ2n) is 4.54. The standard InChI is InChI=1S/C12H16N4O/c1-9-13-4-5-16(9)8-12-6-11(15-17-12)7-14-10-2-3-10/h4-6,10,14H,2-3,7-8H2,1H3. The van der Waals surface area contributed by atoms with Crippen molar-refractivity contribution in [1.82, 2.24) is 20.0 Å². The zero-order valence-corrected chi connectivity index (χ0v) is 9.89. The van der Waals surface area contributed by atoms with Crippen molar-refractivity contribution in [2.24, 2.45) is 0 Å². The highest BCUT2D eigenvalue weighted by molar-refractivity contribution is 5.07. The smallest absolute Gasteiger partial charge is 0.156 e. The van der Waals surface area contributed by atoms with E-state index in [4.69, 9.17) is 4.52 Å². The third-order valence-corrected chi connectivity index (χ3v) is 3.01. The number of aromatic nitrogens is 3. The van der Waals surface area contributed by atoms with Crippen molar-refractivity contribution < 1.29 is 4.52 Å². The fourth-order valence-electron chi connectivity index (χ4n) is 1.79. The van der Waals surface area contributed by atoms with Gasteiger partial charge in [0.15, 0.2) is 5.76 Å². The zero-order valence-electron chi connectivity index (χ0n) is 9.89. The Morgan fingerprint density at radius 3 is 3.12 bits per heavy atom. The molecule has 0 aliphatic heterocycles. The Balaban J connectivity index is 1.61. The predicted molar refractivity (Wildman–Crippen MR) is 62.4 cm³/mol.